The average molecular weight is 362 g/mol. The molecule has 0 unspecified atom stereocenters. The van der Waals surface area contributed by atoms with Crippen LogP contribution in [0.1, 0.15) is 4.88 Å². The molecule has 2 heterocycles. The molecule has 0 bridgehead atoms. The summed E-state index contributed by atoms with van der Waals surface area (Å²) in [5, 5.41) is 3.48. The Balaban J connectivity index is 0.000000162. The van der Waals surface area contributed by atoms with Gasteiger partial charge in [0.2, 0.25) is 0 Å². The Labute approximate surface area is 107 Å². The van der Waals surface area contributed by atoms with Crippen LogP contribution < -0.4 is 0 Å². The molecule has 0 aliphatic carbocycles. The average Bonchev–Trinajstić information content (AvgIpc) is 2.73. The molecule has 2 aromatic rings. The van der Waals surface area contributed by atoms with Crippen molar-refractivity contribution < 1.29 is 13.2 Å². The lowest BCUT2D eigenvalue weighted by Crippen LogP contribution is -2.00. The SMILES string of the molecule is FC(F)(F)c1cccs1.Ic1cccs1. The van der Waals surface area contributed by atoms with Crippen molar-refractivity contribution in [3.8, 4) is 0 Å². The van der Waals surface area contributed by atoms with Crippen LogP contribution in [0.3, 0.4) is 0 Å². The number of halogens is 4. The highest BCUT2D eigenvalue weighted by Gasteiger charge is 2.31. The van der Waals surface area contributed by atoms with Crippen LogP contribution in [-0.2, 0) is 6.18 Å². The van der Waals surface area contributed by atoms with Crippen molar-refractivity contribution >= 4 is 45.3 Å². The summed E-state index contributed by atoms with van der Waals surface area (Å²) in [5.41, 5.74) is 0. The molecule has 0 nitrogen and oxygen atoms in total. The van der Waals surface area contributed by atoms with Crippen molar-refractivity contribution in [2.75, 3.05) is 0 Å². The first-order chi connectivity index (χ1) is 7.00. The highest BCUT2D eigenvalue weighted by Crippen LogP contribution is 2.32. The predicted octanol–water partition coefficient (Wildman–Crippen LogP) is 5.12. The van der Waals surface area contributed by atoms with Crippen molar-refractivity contribution in [2.45, 2.75) is 6.18 Å². The third-order valence-corrected chi connectivity index (χ3v) is 3.98. The summed E-state index contributed by atoms with van der Waals surface area (Å²) in [6, 6.07) is 6.58. The Morgan fingerprint density at radius 1 is 1.00 bits per heavy atom. The van der Waals surface area contributed by atoms with E-state index in [1.165, 1.54) is 14.3 Å². The van der Waals surface area contributed by atoms with Gasteiger partial charge in [-0.15, -0.1) is 22.7 Å². The Bertz CT molecular complexity index is 364. The van der Waals surface area contributed by atoms with Crippen LogP contribution in [0.2, 0.25) is 0 Å². The second kappa shape index (κ2) is 5.86. The predicted molar refractivity (Wildman–Crippen MR) is 66.4 cm³/mol. The molecule has 0 spiro atoms. The monoisotopic (exact) mass is 362 g/mol. The summed E-state index contributed by atoms with van der Waals surface area (Å²) in [5.74, 6) is 0. The number of alkyl halides is 3. The molecule has 0 saturated heterocycles. The first-order valence-corrected chi connectivity index (χ1v) is 6.63. The molecule has 0 aliphatic heterocycles. The second-order valence-corrected chi connectivity index (χ2v) is 6.18. The maximum Gasteiger partial charge on any atom is 0.425 e. The molecule has 0 atom stereocenters. The number of thiophene rings is 2. The number of hydrogen-bond donors (Lipinski definition) is 0. The van der Waals surface area contributed by atoms with Crippen LogP contribution >= 0.6 is 45.3 Å². The van der Waals surface area contributed by atoms with E-state index in [-0.39, 0.29) is 0 Å². The summed E-state index contributed by atoms with van der Waals surface area (Å²) in [7, 11) is 0. The second-order valence-electron chi connectivity index (χ2n) is 2.39. The minimum Gasteiger partial charge on any atom is -0.165 e. The standard InChI is InChI=1S/C5H3F3S.C4H3IS/c6-5(7,8)4-2-1-3-9-4;5-4-2-1-3-6-4/h1-3H;1-3H. The van der Waals surface area contributed by atoms with Gasteiger partial charge in [-0.05, 0) is 45.5 Å². The van der Waals surface area contributed by atoms with Crippen LogP contribution in [0, 0.1) is 2.88 Å². The van der Waals surface area contributed by atoms with Crippen LogP contribution in [0.25, 0.3) is 0 Å². The van der Waals surface area contributed by atoms with Crippen LogP contribution in [0.15, 0.2) is 35.0 Å². The van der Waals surface area contributed by atoms with E-state index in [1.807, 2.05) is 6.07 Å². The number of rotatable bonds is 0. The summed E-state index contributed by atoms with van der Waals surface area (Å²) < 4.78 is 36.2. The van der Waals surface area contributed by atoms with E-state index >= 15 is 0 Å². The van der Waals surface area contributed by atoms with Gasteiger partial charge < -0.3 is 0 Å². The van der Waals surface area contributed by atoms with E-state index in [4.69, 9.17) is 0 Å². The Kier molecular flexibility index (Phi) is 5.07. The molecule has 0 N–H and O–H groups in total. The number of hydrogen-bond acceptors (Lipinski definition) is 2. The molecule has 2 rings (SSSR count). The zero-order chi connectivity index (χ0) is 11.3. The van der Waals surface area contributed by atoms with E-state index in [0.717, 1.165) is 6.07 Å². The molecular formula is C9H6F3IS2. The zero-order valence-electron chi connectivity index (χ0n) is 7.29. The smallest absolute Gasteiger partial charge is 0.165 e. The van der Waals surface area contributed by atoms with Gasteiger partial charge in [-0.25, -0.2) is 0 Å². The fourth-order valence-corrected chi connectivity index (χ4v) is 2.39. The van der Waals surface area contributed by atoms with Crippen LogP contribution in [-0.4, -0.2) is 0 Å². The molecule has 0 aromatic carbocycles. The fourth-order valence-electron chi connectivity index (χ4n) is 0.698. The molecule has 0 radical (unpaired) electrons. The molecule has 0 aliphatic rings. The summed E-state index contributed by atoms with van der Waals surface area (Å²) in [6.45, 7) is 0. The molecule has 2 aromatic heterocycles. The Hall–Kier alpha value is -0.0800. The highest BCUT2D eigenvalue weighted by atomic mass is 127. The molecule has 6 heteroatoms. The van der Waals surface area contributed by atoms with E-state index in [0.29, 0.717) is 11.3 Å². The van der Waals surface area contributed by atoms with Gasteiger partial charge in [0.25, 0.3) is 0 Å². The molecule has 15 heavy (non-hydrogen) atoms. The Morgan fingerprint density at radius 3 is 1.80 bits per heavy atom. The van der Waals surface area contributed by atoms with Gasteiger partial charge >= 0.3 is 6.18 Å². The van der Waals surface area contributed by atoms with Gasteiger partial charge in [0.1, 0.15) is 4.88 Å². The largest absolute Gasteiger partial charge is 0.425 e. The van der Waals surface area contributed by atoms with E-state index in [2.05, 4.69) is 34.0 Å². The van der Waals surface area contributed by atoms with E-state index in [1.54, 1.807) is 11.3 Å². The van der Waals surface area contributed by atoms with Gasteiger partial charge in [-0.1, -0.05) is 12.1 Å². The summed E-state index contributed by atoms with van der Waals surface area (Å²) in [4.78, 5) is -0.539. The molecule has 0 saturated carbocycles. The molecular weight excluding hydrogens is 356 g/mol. The fraction of sp³-hybridized carbons (Fsp3) is 0.111. The van der Waals surface area contributed by atoms with E-state index < -0.39 is 11.1 Å². The quantitative estimate of drug-likeness (QED) is 0.571. The summed E-state index contributed by atoms with van der Waals surface area (Å²) in [6.07, 6.45) is -4.16. The highest BCUT2D eigenvalue weighted by molar-refractivity contribution is 14.1. The van der Waals surface area contributed by atoms with Crippen molar-refractivity contribution in [2.24, 2.45) is 0 Å². The van der Waals surface area contributed by atoms with Gasteiger partial charge in [-0.3, -0.25) is 0 Å². The minimum absolute atomic E-state index is 0.539. The third kappa shape index (κ3) is 4.98. The van der Waals surface area contributed by atoms with Gasteiger partial charge in [0.05, 0.1) is 2.88 Å². The van der Waals surface area contributed by atoms with Gasteiger partial charge in [0.15, 0.2) is 0 Å². The first kappa shape index (κ1) is 13.0. The lowest BCUT2D eigenvalue weighted by Gasteiger charge is -1.99. The first-order valence-electron chi connectivity index (χ1n) is 3.80. The van der Waals surface area contributed by atoms with Crippen molar-refractivity contribution in [1.82, 2.24) is 0 Å². The van der Waals surface area contributed by atoms with Crippen LogP contribution in [0.4, 0.5) is 13.2 Å². The van der Waals surface area contributed by atoms with E-state index in [9.17, 15) is 13.2 Å². The lowest BCUT2D eigenvalue weighted by molar-refractivity contribution is -0.134. The normalized spacial score (nSPS) is 10.7. The van der Waals surface area contributed by atoms with Crippen molar-refractivity contribution in [3.05, 3.63) is 42.8 Å². The molecule has 82 valence electrons. The molecule has 0 amide bonds. The lowest BCUT2D eigenvalue weighted by atomic mass is 10.5. The van der Waals surface area contributed by atoms with Gasteiger partial charge in [-0.2, -0.15) is 13.2 Å². The minimum atomic E-state index is -4.16. The summed E-state index contributed by atoms with van der Waals surface area (Å²) >= 11 is 4.76. The topological polar surface area (TPSA) is 0 Å². The zero-order valence-corrected chi connectivity index (χ0v) is 11.1. The maximum absolute atomic E-state index is 11.6. The maximum atomic E-state index is 11.6. The van der Waals surface area contributed by atoms with Crippen molar-refractivity contribution in [1.29, 1.82) is 0 Å². The van der Waals surface area contributed by atoms with Crippen molar-refractivity contribution in [3.63, 3.8) is 0 Å². The molecule has 0 fully saturated rings. The van der Waals surface area contributed by atoms with Crippen LogP contribution in [0.5, 0.6) is 0 Å². The van der Waals surface area contributed by atoms with Gasteiger partial charge in [0, 0.05) is 0 Å². The third-order valence-electron chi connectivity index (χ3n) is 1.29. The Morgan fingerprint density at radius 2 is 1.60 bits per heavy atom.